The van der Waals surface area contributed by atoms with Gasteiger partial charge in [0.2, 0.25) is 0 Å². The molecule has 0 unspecified atom stereocenters. The van der Waals surface area contributed by atoms with Gasteiger partial charge in [0.15, 0.2) is 0 Å². The molecule has 0 aromatic carbocycles. The van der Waals surface area contributed by atoms with Crippen molar-refractivity contribution in [1.82, 2.24) is 0 Å². The van der Waals surface area contributed by atoms with Crippen molar-refractivity contribution in [2.75, 3.05) is 14.1 Å². The zero-order chi connectivity index (χ0) is 12.2. The summed E-state index contributed by atoms with van der Waals surface area (Å²) in [6, 6.07) is 0.381. The molecule has 0 radical (unpaired) electrons. The van der Waals surface area contributed by atoms with Crippen LogP contribution < -0.4 is 4.90 Å². The molecule has 0 amide bonds. The summed E-state index contributed by atoms with van der Waals surface area (Å²) in [5.74, 6) is 2.83. The Morgan fingerprint density at radius 3 is 1.76 bits per heavy atom. The first kappa shape index (κ1) is 12.0. The summed E-state index contributed by atoms with van der Waals surface area (Å²) in [5, 5.41) is 10.8. The molecule has 98 valence electrons. The fourth-order valence-electron chi connectivity index (χ4n) is 5.39. The number of aliphatic hydroxyl groups excluding tert-OH is 1. The molecule has 17 heavy (non-hydrogen) atoms. The van der Waals surface area contributed by atoms with E-state index in [0.717, 1.165) is 17.8 Å². The molecule has 4 saturated carbocycles. The largest absolute Gasteiger partial charge is 0.386 e. The van der Waals surface area contributed by atoms with Crippen LogP contribution in [0.1, 0.15) is 45.4 Å². The molecule has 4 aliphatic carbocycles. The third-order valence-corrected chi connectivity index (χ3v) is 6.10. The van der Waals surface area contributed by atoms with Crippen LogP contribution in [0.2, 0.25) is 0 Å². The first-order valence-electron chi connectivity index (χ1n) is 7.48. The van der Waals surface area contributed by atoms with E-state index in [-0.39, 0.29) is 6.10 Å². The lowest BCUT2D eigenvalue weighted by Gasteiger charge is -2.59. The van der Waals surface area contributed by atoms with Gasteiger partial charge in [-0.25, -0.2) is 0 Å². The molecule has 4 fully saturated rings. The van der Waals surface area contributed by atoms with Gasteiger partial charge in [0.25, 0.3) is 0 Å². The van der Waals surface area contributed by atoms with Gasteiger partial charge in [-0.1, -0.05) is 0 Å². The minimum absolute atomic E-state index is 0.0825. The molecule has 4 bridgehead atoms. The summed E-state index contributed by atoms with van der Waals surface area (Å²) in [6.07, 6.45) is 8.27. The first-order chi connectivity index (χ1) is 8.00. The van der Waals surface area contributed by atoms with Crippen LogP contribution in [-0.4, -0.2) is 31.3 Å². The number of hydrogen-bond acceptors (Lipinski definition) is 1. The van der Waals surface area contributed by atoms with E-state index in [0.29, 0.717) is 11.5 Å². The van der Waals surface area contributed by atoms with Crippen molar-refractivity contribution in [2.45, 2.75) is 57.6 Å². The average molecular weight is 238 g/mol. The van der Waals surface area contributed by atoms with Crippen LogP contribution in [0.3, 0.4) is 0 Å². The molecule has 0 aromatic rings. The van der Waals surface area contributed by atoms with Crippen LogP contribution in [-0.2, 0) is 0 Å². The van der Waals surface area contributed by atoms with E-state index in [1.54, 1.807) is 0 Å². The van der Waals surface area contributed by atoms with Gasteiger partial charge >= 0.3 is 0 Å². The van der Waals surface area contributed by atoms with Crippen molar-refractivity contribution >= 4 is 0 Å². The van der Waals surface area contributed by atoms with E-state index in [9.17, 15) is 5.11 Å². The predicted octanol–water partition coefficient (Wildman–Crippen LogP) is 1.10. The minimum Gasteiger partial charge on any atom is -0.386 e. The number of nitrogens with one attached hydrogen (secondary N) is 1. The summed E-state index contributed by atoms with van der Waals surface area (Å²) in [5.41, 5.74) is 0.297. The zero-order valence-electron chi connectivity index (χ0n) is 11.6. The zero-order valence-corrected chi connectivity index (χ0v) is 11.6. The van der Waals surface area contributed by atoms with Gasteiger partial charge in [-0.05, 0) is 63.2 Å². The Labute approximate surface area is 105 Å². The number of hydrogen-bond donors (Lipinski definition) is 2. The number of rotatable bonds is 3. The van der Waals surface area contributed by atoms with Crippen LogP contribution in [0.15, 0.2) is 0 Å². The van der Waals surface area contributed by atoms with Gasteiger partial charge in [0.1, 0.15) is 12.1 Å². The van der Waals surface area contributed by atoms with Crippen LogP contribution in [0.4, 0.5) is 0 Å². The smallest absolute Gasteiger partial charge is 0.111 e. The van der Waals surface area contributed by atoms with Crippen LogP contribution in [0.25, 0.3) is 0 Å². The topological polar surface area (TPSA) is 24.7 Å². The van der Waals surface area contributed by atoms with Crippen molar-refractivity contribution in [1.29, 1.82) is 0 Å². The summed E-state index contributed by atoms with van der Waals surface area (Å²) in [4.78, 5) is 1.40. The molecule has 4 rings (SSSR count). The van der Waals surface area contributed by atoms with E-state index in [2.05, 4.69) is 21.0 Å². The van der Waals surface area contributed by atoms with Gasteiger partial charge in [-0.15, -0.1) is 0 Å². The number of aliphatic hydroxyl groups is 1. The second-order valence-corrected chi connectivity index (χ2v) is 7.59. The molecule has 2 atom stereocenters. The van der Waals surface area contributed by atoms with Crippen LogP contribution >= 0.6 is 0 Å². The van der Waals surface area contributed by atoms with Gasteiger partial charge in [-0.3, -0.25) is 0 Å². The molecular weight excluding hydrogens is 210 g/mol. The highest BCUT2D eigenvalue weighted by molar-refractivity contribution is 5.05. The van der Waals surface area contributed by atoms with E-state index in [1.807, 2.05) is 0 Å². The Balaban J connectivity index is 1.81. The monoisotopic (exact) mass is 238 g/mol. The fourth-order valence-corrected chi connectivity index (χ4v) is 5.39. The van der Waals surface area contributed by atoms with E-state index >= 15 is 0 Å². The molecular formula is C15H28NO+. The van der Waals surface area contributed by atoms with Crippen molar-refractivity contribution in [2.24, 2.45) is 23.2 Å². The van der Waals surface area contributed by atoms with E-state index < -0.39 is 0 Å². The maximum absolute atomic E-state index is 10.8. The molecule has 0 aromatic heterocycles. The normalized spacial score (nSPS) is 47.5. The Hall–Kier alpha value is -0.0800. The average Bonchev–Trinajstić information content (AvgIpc) is 2.25. The Morgan fingerprint density at radius 1 is 1.00 bits per heavy atom. The third-order valence-electron chi connectivity index (χ3n) is 6.10. The molecule has 4 aliphatic rings. The molecule has 0 aliphatic heterocycles. The number of likely N-dealkylation sites (N-methyl/N-ethyl adjacent to an activating group) is 1. The lowest BCUT2D eigenvalue weighted by Crippen LogP contribution is -3.11. The lowest BCUT2D eigenvalue weighted by atomic mass is 9.47. The summed E-state index contributed by atoms with van der Waals surface area (Å²) < 4.78 is 0. The SMILES string of the molecule is C[C@@H]([C@@H](O)C12CC3CC(CC(C3)C1)C2)[NH+](C)C. The maximum atomic E-state index is 10.8. The minimum atomic E-state index is -0.0825. The fraction of sp³-hybridized carbons (Fsp3) is 1.00. The highest BCUT2D eigenvalue weighted by Gasteiger charge is 2.55. The van der Waals surface area contributed by atoms with Crippen molar-refractivity contribution in [3.8, 4) is 0 Å². The van der Waals surface area contributed by atoms with Crippen molar-refractivity contribution in [3.05, 3.63) is 0 Å². The van der Waals surface area contributed by atoms with Crippen molar-refractivity contribution in [3.63, 3.8) is 0 Å². The Morgan fingerprint density at radius 2 is 1.41 bits per heavy atom. The van der Waals surface area contributed by atoms with Gasteiger partial charge in [-0.2, -0.15) is 0 Å². The molecule has 0 spiro atoms. The molecule has 0 heterocycles. The third kappa shape index (κ3) is 1.84. The van der Waals surface area contributed by atoms with Gasteiger partial charge < -0.3 is 10.0 Å². The van der Waals surface area contributed by atoms with Crippen molar-refractivity contribution < 1.29 is 10.0 Å². The molecule has 2 heteroatoms. The highest BCUT2D eigenvalue weighted by atomic mass is 16.3. The standard InChI is InChI=1S/C15H27NO/c1-10(16(2)3)14(17)15-7-11-4-12(8-15)6-13(5-11)9-15/h10-14,17H,4-9H2,1-3H3/p+1/t10-,11?,12?,13?,14+,15?/m0/s1. The summed E-state index contributed by atoms with van der Waals surface area (Å²) in [6.45, 7) is 2.22. The molecule has 2 nitrogen and oxygen atoms in total. The maximum Gasteiger partial charge on any atom is 0.111 e. The lowest BCUT2D eigenvalue weighted by molar-refractivity contribution is -0.889. The van der Waals surface area contributed by atoms with E-state index in [4.69, 9.17) is 0 Å². The van der Waals surface area contributed by atoms with Gasteiger partial charge in [0, 0.05) is 5.41 Å². The van der Waals surface area contributed by atoms with E-state index in [1.165, 1.54) is 43.4 Å². The summed E-state index contributed by atoms with van der Waals surface area (Å²) >= 11 is 0. The van der Waals surface area contributed by atoms with Gasteiger partial charge in [0.05, 0.1) is 14.1 Å². The molecule has 0 saturated heterocycles. The summed E-state index contributed by atoms with van der Waals surface area (Å²) in [7, 11) is 4.35. The highest BCUT2D eigenvalue weighted by Crippen LogP contribution is 2.61. The Kier molecular flexibility index (Phi) is 2.79. The van der Waals surface area contributed by atoms with Crippen LogP contribution in [0, 0.1) is 23.2 Å². The predicted molar refractivity (Wildman–Crippen MR) is 68.9 cm³/mol. The second kappa shape index (κ2) is 3.96. The quantitative estimate of drug-likeness (QED) is 0.756. The first-order valence-corrected chi connectivity index (χ1v) is 7.48. The molecule has 2 N–H and O–H groups in total. The second-order valence-electron chi connectivity index (χ2n) is 7.59. The number of quaternary nitrogens is 1. The van der Waals surface area contributed by atoms with Crippen LogP contribution in [0.5, 0.6) is 0 Å². The Bertz CT molecular complexity index is 264.